The van der Waals surface area contributed by atoms with Crippen molar-refractivity contribution >= 4 is 11.8 Å². The van der Waals surface area contributed by atoms with Crippen molar-refractivity contribution < 1.29 is 19.1 Å². The predicted octanol–water partition coefficient (Wildman–Crippen LogP) is 4.73. The zero-order valence-corrected chi connectivity index (χ0v) is 23.2. The van der Waals surface area contributed by atoms with Crippen molar-refractivity contribution in [2.75, 3.05) is 6.61 Å². The average molecular weight is 519 g/mol. The first-order valence-corrected chi connectivity index (χ1v) is 14.1. The first-order chi connectivity index (χ1) is 18.1. The third-order valence-corrected chi connectivity index (χ3v) is 8.72. The van der Waals surface area contributed by atoms with Crippen molar-refractivity contribution in [3.63, 3.8) is 0 Å². The molecule has 3 aliphatic heterocycles. The number of amides is 2. The van der Waals surface area contributed by atoms with E-state index in [-0.39, 0.29) is 23.0 Å². The Morgan fingerprint density at radius 3 is 2.11 bits per heavy atom. The van der Waals surface area contributed by atoms with Crippen LogP contribution in [0, 0.1) is 5.92 Å². The molecule has 0 spiro atoms. The molecule has 6 heteroatoms. The number of carbonyl (C=O) groups excluding carboxylic acids is 2. The smallest absolute Gasteiger partial charge is 0.243 e. The fourth-order valence-corrected chi connectivity index (χ4v) is 5.67. The highest BCUT2D eigenvalue weighted by molar-refractivity contribution is 5.97. The van der Waals surface area contributed by atoms with Crippen molar-refractivity contribution in [2.45, 2.75) is 102 Å². The molecular weight excluding hydrogens is 476 g/mol. The first-order valence-electron chi connectivity index (χ1n) is 14.1. The number of rotatable bonds is 10. The summed E-state index contributed by atoms with van der Waals surface area (Å²) in [7, 11) is 0. The fourth-order valence-electron chi connectivity index (χ4n) is 5.67. The maximum Gasteiger partial charge on any atom is 0.243 e. The largest absolute Gasteiger partial charge is 0.375 e. The molecule has 38 heavy (non-hydrogen) atoms. The van der Waals surface area contributed by atoms with Gasteiger partial charge < -0.3 is 20.1 Å². The Balaban J connectivity index is 1.09. The van der Waals surface area contributed by atoms with Crippen LogP contribution < -0.4 is 10.6 Å². The molecule has 0 saturated carbocycles. The summed E-state index contributed by atoms with van der Waals surface area (Å²) in [5, 5.41) is 5.94. The van der Waals surface area contributed by atoms with Crippen molar-refractivity contribution in [3.05, 3.63) is 70.8 Å². The topological polar surface area (TPSA) is 80.0 Å². The van der Waals surface area contributed by atoms with E-state index < -0.39 is 12.1 Å². The lowest BCUT2D eigenvalue weighted by Crippen LogP contribution is -2.62. The molecule has 1 aromatic carbocycles. The number of piperazine rings is 1. The minimum absolute atomic E-state index is 0.00705. The summed E-state index contributed by atoms with van der Waals surface area (Å²) in [5.74, 6) is 0.382. The highest BCUT2D eigenvalue weighted by Crippen LogP contribution is 2.38. The second-order valence-electron chi connectivity index (χ2n) is 12.4. The van der Waals surface area contributed by atoms with E-state index in [2.05, 4.69) is 86.9 Å². The lowest BCUT2D eigenvalue weighted by Gasteiger charge is -2.44. The Labute approximate surface area is 226 Å². The van der Waals surface area contributed by atoms with E-state index in [9.17, 15) is 9.59 Å². The molecule has 5 rings (SSSR count). The van der Waals surface area contributed by atoms with Crippen molar-refractivity contribution in [1.82, 2.24) is 10.6 Å². The highest BCUT2D eigenvalue weighted by Gasteiger charge is 2.46. The molecule has 204 valence electrons. The van der Waals surface area contributed by atoms with E-state index in [4.69, 9.17) is 9.47 Å². The zero-order valence-electron chi connectivity index (χ0n) is 23.2. The Morgan fingerprint density at radius 1 is 0.842 bits per heavy atom. The minimum Gasteiger partial charge on any atom is -0.375 e. The van der Waals surface area contributed by atoms with Gasteiger partial charge >= 0.3 is 0 Å². The van der Waals surface area contributed by atoms with Crippen molar-refractivity contribution in [1.29, 1.82) is 0 Å². The summed E-state index contributed by atoms with van der Waals surface area (Å²) >= 11 is 0. The summed E-state index contributed by atoms with van der Waals surface area (Å²) in [6.07, 6.45) is 14.9. The van der Waals surface area contributed by atoms with E-state index in [1.54, 1.807) is 0 Å². The number of ether oxygens (including phenoxy) is 2. The molecule has 4 atom stereocenters. The molecule has 4 aliphatic rings. The van der Waals surface area contributed by atoms with Crippen LogP contribution in [0.15, 0.2) is 59.7 Å². The van der Waals surface area contributed by atoms with Crippen LogP contribution >= 0.6 is 0 Å². The summed E-state index contributed by atoms with van der Waals surface area (Å²) < 4.78 is 11.3. The standard InChI is InChI=1S/C32H42N2O4/c1-31(2)25(20-37-31)16-14-21-6-5-7-23(11-8-21)18-26-29(35)34-27(30(36)33-26)19-24-12-9-22(10-13-24)15-17-28-32(3,4)38-28/h5-6,8-13,25-28H,7,14-20H2,1-4H3,(H,33,36)(H,34,35). The number of carbonyl (C=O) groups is 2. The SMILES string of the molecule is CC1(C)OCC1CCC1=CC=C(CC2NC(=O)C(Cc3ccc(CCC4OC4(C)C)cc3)NC2=O)CC=C1. The number of hydrogen-bond donors (Lipinski definition) is 2. The lowest BCUT2D eigenvalue weighted by molar-refractivity contribution is -0.182. The third-order valence-electron chi connectivity index (χ3n) is 8.72. The molecule has 2 N–H and O–H groups in total. The Bertz CT molecular complexity index is 1140. The van der Waals surface area contributed by atoms with E-state index in [0.29, 0.717) is 24.9 Å². The molecule has 0 aromatic heterocycles. The van der Waals surface area contributed by atoms with Crippen LogP contribution in [0.1, 0.15) is 70.9 Å². The van der Waals surface area contributed by atoms with Gasteiger partial charge in [0.1, 0.15) is 12.1 Å². The van der Waals surface area contributed by atoms with Crippen LogP contribution in [-0.4, -0.2) is 47.8 Å². The van der Waals surface area contributed by atoms with Crippen LogP contribution in [0.4, 0.5) is 0 Å². The molecular formula is C32H42N2O4. The number of epoxide rings is 1. The van der Waals surface area contributed by atoms with Crippen LogP contribution in [0.25, 0.3) is 0 Å². The number of aryl methyl sites for hydroxylation is 1. The molecule has 0 radical (unpaired) electrons. The molecule has 0 bridgehead atoms. The van der Waals surface area contributed by atoms with E-state index >= 15 is 0 Å². The van der Waals surface area contributed by atoms with Gasteiger partial charge in [-0.3, -0.25) is 9.59 Å². The normalized spacial score (nSPS) is 29.4. The number of benzene rings is 1. The molecule has 2 amide bonds. The molecule has 3 saturated heterocycles. The molecule has 4 unspecified atom stereocenters. The van der Waals surface area contributed by atoms with Gasteiger partial charge in [0, 0.05) is 12.3 Å². The minimum atomic E-state index is -0.542. The van der Waals surface area contributed by atoms with Crippen LogP contribution in [-0.2, 0) is 31.9 Å². The van der Waals surface area contributed by atoms with E-state index in [0.717, 1.165) is 49.8 Å². The molecule has 6 nitrogen and oxygen atoms in total. The monoisotopic (exact) mass is 518 g/mol. The Hall–Kier alpha value is -2.70. The van der Waals surface area contributed by atoms with Crippen molar-refractivity contribution in [3.8, 4) is 0 Å². The van der Waals surface area contributed by atoms with Gasteiger partial charge in [0.15, 0.2) is 0 Å². The average Bonchev–Trinajstić information content (AvgIpc) is 3.55. The van der Waals surface area contributed by atoms with Crippen LogP contribution in [0.3, 0.4) is 0 Å². The van der Waals surface area contributed by atoms with Gasteiger partial charge in [-0.25, -0.2) is 0 Å². The summed E-state index contributed by atoms with van der Waals surface area (Å²) in [5.41, 5.74) is 4.78. The van der Waals surface area contributed by atoms with E-state index in [1.165, 1.54) is 11.1 Å². The Morgan fingerprint density at radius 2 is 1.50 bits per heavy atom. The lowest BCUT2D eigenvalue weighted by atomic mass is 9.82. The van der Waals surface area contributed by atoms with Gasteiger partial charge in [-0.2, -0.15) is 0 Å². The molecule has 3 fully saturated rings. The maximum atomic E-state index is 12.9. The second kappa shape index (κ2) is 10.8. The van der Waals surface area contributed by atoms with Gasteiger partial charge in [0.2, 0.25) is 11.8 Å². The quantitative estimate of drug-likeness (QED) is 0.439. The zero-order chi connectivity index (χ0) is 26.9. The number of allylic oxidation sites excluding steroid dienone is 5. The second-order valence-corrected chi connectivity index (χ2v) is 12.4. The van der Waals surface area contributed by atoms with Gasteiger partial charge in [-0.15, -0.1) is 0 Å². The predicted molar refractivity (Wildman–Crippen MR) is 149 cm³/mol. The van der Waals surface area contributed by atoms with Crippen molar-refractivity contribution in [2.24, 2.45) is 5.92 Å². The van der Waals surface area contributed by atoms with Crippen LogP contribution in [0.2, 0.25) is 0 Å². The molecule has 1 aliphatic carbocycles. The first kappa shape index (κ1) is 26.9. The number of hydrogen-bond acceptors (Lipinski definition) is 4. The van der Waals surface area contributed by atoms with Gasteiger partial charge in [-0.1, -0.05) is 54.1 Å². The summed E-state index contributed by atoms with van der Waals surface area (Å²) in [4.78, 5) is 25.8. The maximum absolute atomic E-state index is 12.9. The van der Waals surface area contributed by atoms with Gasteiger partial charge in [0.05, 0.1) is 23.9 Å². The van der Waals surface area contributed by atoms with Gasteiger partial charge in [-0.05, 0) is 82.9 Å². The number of nitrogens with one attached hydrogen (secondary N) is 2. The third kappa shape index (κ3) is 6.47. The molecule has 1 aromatic rings. The van der Waals surface area contributed by atoms with Gasteiger partial charge in [0.25, 0.3) is 0 Å². The highest BCUT2D eigenvalue weighted by atomic mass is 16.6. The summed E-state index contributed by atoms with van der Waals surface area (Å²) in [6.45, 7) is 9.42. The molecule has 3 heterocycles. The van der Waals surface area contributed by atoms with Crippen LogP contribution in [0.5, 0.6) is 0 Å². The Kier molecular flexibility index (Phi) is 7.65. The summed E-state index contributed by atoms with van der Waals surface area (Å²) in [6, 6.07) is 7.28. The fraction of sp³-hybridized carbons (Fsp3) is 0.562. The van der Waals surface area contributed by atoms with E-state index in [1.807, 2.05) is 0 Å².